The van der Waals surface area contributed by atoms with Gasteiger partial charge in [0.2, 0.25) is 0 Å². The average molecular weight is 374 g/mol. The summed E-state index contributed by atoms with van der Waals surface area (Å²) in [5, 5.41) is 6.67. The van der Waals surface area contributed by atoms with Crippen molar-refractivity contribution < 1.29 is 0 Å². The summed E-state index contributed by atoms with van der Waals surface area (Å²) in [4.78, 5) is 0. The molecule has 0 saturated heterocycles. The fourth-order valence-corrected chi connectivity index (χ4v) is 6.07. The molecule has 1 aromatic heterocycles. The van der Waals surface area contributed by atoms with Crippen LogP contribution in [0.1, 0.15) is 50.5 Å². The first kappa shape index (κ1) is 17.1. The van der Waals surface area contributed by atoms with Crippen LogP contribution < -0.4 is 5.32 Å². The molecule has 3 aromatic rings. The zero-order chi connectivity index (χ0) is 18.2. The van der Waals surface area contributed by atoms with Gasteiger partial charge in [-0.05, 0) is 55.7 Å². The molecule has 0 radical (unpaired) electrons. The van der Waals surface area contributed by atoms with Crippen LogP contribution in [0.3, 0.4) is 0 Å². The molecule has 0 atom stereocenters. The van der Waals surface area contributed by atoms with E-state index >= 15 is 0 Å². The van der Waals surface area contributed by atoms with Crippen LogP contribution in [0, 0.1) is 12.8 Å². The fraction of sp³-hybridized carbons (Fsp3) is 0.360. The van der Waals surface area contributed by atoms with Gasteiger partial charge < -0.3 is 5.32 Å². The van der Waals surface area contributed by atoms with Gasteiger partial charge in [-0.2, -0.15) is 0 Å². The highest BCUT2D eigenvalue weighted by Gasteiger charge is 2.21. The molecule has 0 aliphatic heterocycles. The number of hydrogen-bond acceptors (Lipinski definition) is 2. The van der Waals surface area contributed by atoms with E-state index in [9.17, 15) is 0 Å². The van der Waals surface area contributed by atoms with Gasteiger partial charge in [-0.3, -0.25) is 0 Å². The van der Waals surface area contributed by atoms with Crippen LogP contribution >= 0.6 is 11.3 Å². The second-order valence-corrected chi connectivity index (χ2v) is 9.09. The molecule has 2 aliphatic rings. The Morgan fingerprint density at radius 3 is 2.56 bits per heavy atom. The summed E-state index contributed by atoms with van der Waals surface area (Å²) < 4.78 is 2.82. The molecule has 0 bridgehead atoms. The van der Waals surface area contributed by atoms with Gasteiger partial charge in [0.15, 0.2) is 0 Å². The van der Waals surface area contributed by atoms with E-state index in [0.717, 1.165) is 18.8 Å². The number of anilines is 1. The zero-order valence-corrected chi connectivity index (χ0v) is 16.9. The standard InChI is InChI=1S/C25H27NS/c1-17-9-7-13-20-21-14-8-16-23(25(21)27-24(17)20)26-22-15-6-5-12-19(22)18-10-3-2-4-11-18/h5,7-9,12-14,16,18,26H,2-4,6,10-11,15H2,1H3. The Balaban J connectivity index is 1.59. The van der Waals surface area contributed by atoms with Gasteiger partial charge >= 0.3 is 0 Å². The van der Waals surface area contributed by atoms with Crippen molar-refractivity contribution >= 4 is 37.2 Å². The highest BCUT2D eigenvalue weighted by Crippen LogP contribution is 2.41. The minimum Gasteiger partial charge on any atom is -0.357 e. The Morgan fingerprint density at radius 1 is 0.926 bits per heavy atom. The Hall–Kier alpha value is -2.06. The number of thiophene rings is 1. The smallest absolute Gasteiger partial charge is 0.0590 e. The van der Waals surface area contributed by atoms with Gasteiger partial charge in [-0.1, -0.05) is 61.7 Å². The summed E-state index contributed by atoms with van der Waals surface area (Å²) >= 11 is 1.94. The van der Waals surface area contributed by atoms with E-state index < -0.39 is 0 Å². The molecule has 2 aliphatic carbocycles. The minimum atomic E-state index is 0.752. The first-order valence-corrected chi connectivity index (χ1v) is 11.2. The van der Waals surface area contributed by atoms with Gasteiger partial charge in [0.25, 0.3) is 0 Å². The van der Waals surface area contributed by atoms with Gasteiger partial charge in [-0.15, -0.1) is 11.3 Å². The maximum Gasteiger partial charge on any atom is 0.0590 e. The molecule has 2 heteroatoms. The quantitative estimate of drug-likeness (QED) is 0.491. The number of hydrogen-bond donors (Lipinski definition) is 1. The molecule has 5 rings (SSSR count). The maximum absolute atomic E-state index is 3.89. The summed E-state index contributed by atoms with van der Waals surface area (Å²) in [6.07, 6.45) is 14.0. The zero-order valence-electron chi connectivity index (χ0n) is 16.1. The predicted molar refractivity (Wildman–Crippen MR) is 120 cm³/mol. The number of rotatable bonds is 3. The number of fused-ring (bicyclic) bond motifs is 3. The Kier molecular flexibility index (Phi) is 4.53. The second-order valence-electron chi connectivity index (χ2n) is 8.07. The first-order valence-electron chi connectivity index (χ1n) is 10.4. The highest BCUT2D eigenvalue weighted by atomic mass is 32.1. The molecule has 1 N–H and O–H groups in total. The normalized spacial score (nSPS) is 18.6. The summed E-state index contributed by atoms with van der Waals surface area (Å²) in [5.74, 6) is 0.752. The molecule has 0 amide bonds. The van der Waals surface area contributed by atoms with Gasteiger partial charge in [0.05, 0.1) is 10.4 Å². The average Bonchev–Trinajstić information content (AvgIpc) is 3.11. The van der Waals surface area contributed by atoms with Crippen LogP contribution in [0.5, 0.6) is 0 Å². The molecule has 1 nitrogen and oxygen atoms in total. The third kappa shape index (κ3) is 3.10. The maximum atomic E-state index is 3.89. The molecule has 27 heavy (non-hydrogen) atoms. The Morgan fingerprint density at radius 2 is 1.70 bits per heavy atom. The molecule has 2 aromatic carbocycles. The van der Waals surface area contributed by atoms with Crippen LogP contribution in [0.25, 0.3) is 20.2 Å². The van der Waals surface area contributed by atoms with Crippen molar-refractivity contribution in [3.8, 4) is 0 Å². The topological polar surface area (TPSA) is 12.0 Å². The van der Waals surface area contributed by atoms with E-state index in [-0.39, 0.29) is 0 Å². The van der Waals surface area contributed by atoms with Crippen molar-refractivity contribution in [1.29, 1.82) is 0 Å². The predicted octanol–water partition coefficient (Wildman–Crippen LogP) is 7.96. The lowest BCUT2D eigenvalue weighted by Gasteiger charge is -2.28. The number of benzene rings is 2. The van der Waals surface area contributed by atoms with Crippen LogP contribution in [-0.2, 0) is 0 Å². The van der Waals surface area contributed by atoms with Crippen molar-refractivity contribution in [2.75, 3.05) is 5.32 Å². The Bertz CT molecular complexity index is 1050. The van der Waals surface area contributed by atoms with Crippen LogP contribution in [0.4, 0.5) is 5.69 Å². The number of allylic oxidation sites excluding steroid dienone is 4. The molecule has 0 unspecified atom stereocenters. The van der Waals surface area contributed by atoms with E-state index in [2.05, 4.69) is 60.8 Å². The SMILES string of the molecule is Cc1cccc2c1sc1c(NC3=C(C4CCCCC4)C=CCC3)cccc12. The molecule has 138 valence electrons. The monoisotopic (exact) mass is 373 g/mol. The van der Waals surface area contributed by atoms with E-state index in [1.807, 2.05) is 11.3 Å². The summed E-state index contributed by atoms with van der Waals surface area (Å²) in [6.45, 7) is 2.22. The van der Waals surface area contributed by atoms with Crippen molar-refractivity contribution in [2.24, 2.45) is 5.92 Å². The lowest BCUT2D eigenvalue weighted by molar-refractivity contribution is 0.405. The first-order chi connectivity index (χ1) is 13.3. The molecule has 0 spiro atoms. The fourth-order valence-electron chi connectivity index (χ4n) is 4.84. The molecular weight excluding hydrogens is 346 g/mol. The summed E-state index contributed by atoms with van der Waals surface area (Å²) in [6, 6.07) is 13.4. The minimum absolute atomic E-state index is 0.752. The molecule has 1 heterocycles. The molecular formula is C25H27NS. The third-order valence-electron chi connectivity index (χ3n) is 6.26. The number of aryl methyl sites for hydroxylation is 1. The van der Waals surface area contributed by atoms with Crippen molar-refractivity contribution in [3.63, 3.8) is 0 Å². The van der Waals surface area contributed by atoms with Crippen molar-refractivity contribution in [1.82, 2.24) is 0 Å². The number of nitrogens with one attached hydrogen (secondary N) is 1. The van der Waals surface area contributed by atoms with Crippen LogP contribution in [0.2, 0.25) is 0 Å². The largest absolute Gasteiger partial charge is 0.357 e. The van der Waals surface area contributed by atoms with Crippen molar-refractivity contribution in [2.45, 2.75) is 51.9 Å². The summed E-state index contributed by atoms with van der Waals surface area (Å²) in [5.41, 5.74) is 5.70. The summed E-state index contributed by atoms with van der Waals surface area (Å²) in [7, 11) is 0. The van der Waals surface area contributed by atoms with E-state index in [0.29, 0.717) is 0 Å². The van der Waals surface area contributed by atoms with Crippen LogP contribution in [-0.4, -0.2) is 0 Å². The molecule has 1 fully saturated rings. The van der Waals surface area contributed by atoms with Gasteiger partial charge in [0, 0.05) is 21.2 Å². The van der Waals surface area contributed by atoms with E-state index in [4.69, 9.17) is 0 Å². The van der Waals surface area contributed by atoms with E-state index in [1.54, 1.807) is 5.57 Å². The van der Waals surface area contributed by atoms with Crippen LogP contribution in [0.15, 0.2) is 59.8 Å². The van der Waals surface area contributed by atoms with Crippen molar-refractivity contribution in [3.05, 3.63) is 65.4 Å². The van der Waals surface area contributed by atoms with Gasteiger partial charge in [0.1, 0.15) is 0 Å². The molecule has 1 saturated carbocycles. The highest BCUT2D eigenvalue weighted by molar-refractivity contribution is 7.26. The van der Waals surface area contributed by atoms with E-state index in [1.165, 1.54) is 69.2 Å². The third-order valence-corrected chi connectivity index (χ3v) is 7.65. The lowest BCUT2D eigenvalue weighted by atomic mass is 9.81. The Labute approximate surface area is 165 Å². The lowest BCUT2D eigenvalue weighted by Crippen LogP contribution is -2.15. The van der Waals surface area contributed by atoms with Gasteiger partial charge in [-0.25, -0.2) is 0 Å². The second kappa shape index (κ2) is 7.16.